The Morgan fingerprint density at radius 2 is 1.83 bits per heavy atom. The summed E-state index contributed by atoms with van der Waals surface area (Å²) in [5, 5.41) is 0. The van der Waals surface area contributed by atoms with Crippen molar-refractivity contribution in [2.24, 2.45) is 0 Å². The van der Waals surface area contributed by atoms with Crippen molar-refractivity contribution in [3.8, 4) is 0 Å². The maximum absolute atomic E-state index is 14.2. The maximum Gasteiger partial charge on any atom is 0.163 e. The van der Waals surface area contributed by atoms with E-state index in [0.717, 1.165) is 31.3 Å². The molecule has 29 heavy (non-hydrogen) atoms. The largest absolute Gasteiger partial charge is 0.385 e. The van der Waals surface area contributed by atoms with Crippen LogP contribution >= 0.6 is 0 Å². The van der Waals surface area contributed by atoms with Gasteiger partial charge in [0.05, 0.1) is 0 Å². The Morgan fingerprint density at radius 1 is 1.00 bits per heavy atom. The second-order valence-corrected chi connectivity index (χ2v) is 7.39. The van der Waals surface area contributed by atoms with Crippen LogP contribution < -0.4 is 0 Å². The number of hydrogen-bond donors (Lipinski definition) is 0. The van der Waals surface area contributed by atoms with E-state index in [1.165, 1.54) is 11.1 Å². The van der Waals surface area contributed by atoms with E-state index in [4.69, 9.17) is 4.74 Å². The van der Waals surface area contributed by atoms with Crippen molar-refractivity contribution in [3.05, 3.63) is 94.8 Å². The van der Waals surface area contributed by atoms with Gasteiger partial charge in [0.1, 0.15) is 0 Å². The number of ether oxygens (including phenoxy) is 1. The van der Waals surface area contributed by atoms with E-state index in [1.807, 2.05) is 6.07 Å². The number of rotatable bonds is 10. The highest BCUT2D eigenvalue weighted by molar-refractivity contribution is 5.24. The van der Waals surface area contributed by atoms with Gasteiger partial charge in [-0.05, 0) is 37.1 Å². The molecule has 0 unspecified atom stereocenters. The molecule has 0 saturated carbocycles. The second-order valence-electron chi connectivity index (χ2n) is 7.39. The molecule has 0 saturated heterocycles. The van der Waals surface area contributed by atoms with Crippen LogP contribution in [0.25, 0.3) is 0 Å². The van der Waals surface area contributed by atoms with Gasteiger partial charge in [-0.2, -0.15) is 0 Å². The van der Waals surface area contributed by atoms with Gasteiger partial charge in [-0.3, -0.25) is 4.90 Å². The van der Waals surface area contributed by atoms with Crippen LogP contribution in [0.5, 0.6) is 0 Å². The Morgan fingerprint density at radius 3 is 2.62 bits per heavy atom. The van der Waals surface area contributed by atoms with E-state index in [-0.39, 0.29) is 0 Å². The van der Waals surface area contributed by atoms with Gasteiger partial charge in [-0.1, -0.05) is 42.0 Å². The van der Waals surface area contributed by atoms with Gasteiger partial charge in [0.15, 0.2) is 11.6 Å². The number of methoxy groups -OCH3 is 1. The summed E-state index contributed by atoms with van der Waals surface area (Å²) in [6.07, 6.45) is 2.89. The van der Waals surface area contributed by atoms with Crippen LogP contribution in [0.1, 0.15) is 28.8 Å². The molecule has 5 heteroatoms. The minimum Gasteiger partial charge on any atom is -0.385 e. The second kappa shape index (κ2) is 10.3. The molecule has 3 nitrogen and oxygen atoms in total. The summed E-state index contributed by atoms with van der Waals surface area (Å²) >= 11 is 0. The molecule has 1 heterocycles. The van der Waals surface area contributed by atoms with Crippen molar-refractivity contribution in [3.63, 3.8) is 0 Å². The molecule has 0 fully saturated rings. The highest BCUT2D eigenvalue weighted by atomic mass is 19.2. The summed E-state index contributed by atoms with van der Waals surface area (Å²) in [4.78, 5) is 2.14. The molecule has 0 aliphatic heterocycles. The van der Waals surface area contributed by atoms with E-state index in [2.05, 4.69) is 52.9 Å². The first-order valence-electron chi connectivity index (χ1n) is 9.90. The zero-order valence-corrected chi connectivity index (χ0v) is 17.1. The zero-order chi connectivity index (χ0) is 20.6. The molecule has 0 spiro atoms. The molecule has 154 valence electrons. The molecule has 2 aromatic carbocycles. The van der Waals surface area contributed by atoms with E-state index in [9.17, 15) is 8.78 Å². The Balaban J connectivity index is 1.75. The van der Waals surface area contributed by atoms with Gasteiger partial charge in [0.25, 0.3) is 0 Å². The van der Waals surface area contributed by atoms with Crippen LogP contribution in [-0.2, 0) is 24.4 Å². The molecule has 1 aromatic heterocycles. The first-order valence-corrected chi connectivity index (χ1v) is 9.90. The average Bonchev–Trinajstić information content (AvgIpc) is 3.12. The highest BCUT2D eigenvalue weighted by Crippen LogP contribution is 2.17. The first kappa shape index (κ1) is 21.2. The molecule has 0 radical (unpaired) electrons. The third kappa shape index (κ3) is 5.99. The number of halogens is 2. The Kier molecular flexibility index (Phi) is 7.55. The topological polar surface area (TPSA) is 17.4 Å². The van der Waals surface area contributed by atoms with Crippen LogP contribution in [0.3, 0.4) is 0 Å². The lowest BCUT2D eigenvalue weighted by atomic mass is 10.1. The van der Waals surface area contributed by atoms with Gasteiger partial charge in [-0.25, -0.2) is 8.78 Å². The first-order chi connectivity index (χ1) is 14.1. The van der Waals surface area contributed by atoms with E-state index < -0.39 is 11.6 Å². The van der Waals surface area contributed by atoms with E-state index in [0.29, 0.717) is 25.3 Å². The highest BCUT2D eigenvalue weighted by Gasteiger charge is 2.14. The predicted octanol–water partition coefficient (Wildman–Crippen LogP) is 5.16. The van der Waals surface area contributed by atoms with Crippen LogP contribution in [0, 0.1) is 18.6 Å². The van der Waals surface area contributed by atoms with E-state index in [1.54, 1.807) is 19.2 Å². The fourth-order valence-corrected chi connectivity index (χ4v) is 3.54. The standard InChI is InChI=1S/C24H28F2N2O/c1-19-7-3-8-20(15-19)16-28-13-5-10-22(28)18-27(12-6-14-29-2)17-21-9-4-11-23(25)24(21)26/h3-5,7-11,13,15H,6,12,14,16-18H2,1-2H3. The molecule has 0 aliphatic rings. The lowest BCUT2D eigenvalue weighted by molar-refractivity contribution is 0.164. The molecule has 3 aromatic rings. The Hall–Kier alpha value is -2.50. The van der Waals surface area contributed by atoms with Gasteiger partial charge in [-0.15, -0.1) is 0 Å². The fraction of sp³-hybridized carbons (Fsp3) is 0.333. The summed E-state index contributed by atoms with van der Waals surface area (Å²) in [5.41, 5.74) is 3.99. The predicted molar refractivity (Wildman–Crippen MR) is 112 cm³/mol. The quantitative estimate of drug-likeness (QED) is 0.439. The molecule has 0 amide bonds. The molecular weight excluding hydrogens is 370 g/mol. The van der Waals surface area contributed by atoms with Crippen molar-refractivity contribution in [2.45, 2.75) is 33.0 Å². The maximum atomic E-state index is 14.2. The third-order valence-electron chi connectivity index (χ3n) is 4.99. The lowest BCUT2D eigenvalue weighted by Gasteiger charge is -2.24. The Bertz CT molecular complexity index is 923. The van der Waals surface area contributed by atoms with Gasteiger partial charge >= 0.3 is 0 Å². The Labute approximate surface area is 171 Å². The van der Waals surface area contributed by atoms with Crippen molar-refractivity contribution >= 4 is 0 Å². The van der Waals surface area contributed by atoms with Gasteiger partial charge < -0.3 is 9.30 Å². The molecule has 0 N–H and O–H groups in total. The minimum absolute atomic E-state index is 0.350. The van der Waals surface area contributed by atoms with Crippen molar-refractivity contribution in [2.75, 3.05) is 20.3 Å². The summed E-state index contributed by atoms with van der Waals surface area (Å²) in [7, 11) is 1.67. The van der Waals surface area contributed by atoms with Crippen LogP contribution in [0.2, 0.25) is 0 Å². The molecule has 0 aliphatic carbocycles. The summed E-state index contributed by atoms with van der Waals surface area (Å²) < 4.78 is 35.2. The van der Waals surface area contributed by atoms with Crippen molar-refractivity contribution in [1.29, 1.82) is 0 Å². The summed E-state index contributed by atoms with van der Waals surface area (Å²) in [6, 6.07) is 16.9. The van der Waals surface area contributed by atoms with Gasteiger partial charge in [0.2, 0.25) is 0 Å². The van der Waals surface area contributed by atoms with Crippen LogP contribution in [-0.4, -0.2) is 29.7 Å². The van der Waals surface area contributed by atoms with Crippen LogP contribution in [0.15, 0.2) is 60.8 Å². The van der Waals surface area contributed by atoms with Crippen molar-refractivity contribution < 1.29 is 13.5 Å². The SMILES string of the molecule is COCCCN(Cc1cccc(F)c1F)Cc1cccn1Cc1cccc(C)c1. The normalized spacial score (nSPS) is 11.3. The van der Waals surface area contributed by atoms with Gasteiger partial charge in [0, 0.05) is 57.3 Å². The number of nitrogens with zero attached hydrogens (tertiary/aromatic N) is 2. The van der Waals surface area contributed by atoms with Crippen LogP contribution in [0.4, 0.5) is 8.78 Å². The molecule has 0 atom stereocenters. The van der Waals surface area contributed by atoms with E-state index >= 15 is 0 Å². The minimum atomic E-state index is -0.804. The smallest absolute Gasteiger partial charge is 0.163 e. The summed E-state index contributed by atoms with van der Waals surface area (Å²) in [5.74, 6) is -1.57. The lowest BCUT2D eigenvalue weighted by Crippen LogP contribution is -2.27. The number of benzene rings is 2. The molecule has 0 bridgehead atoms. The fourth-order valence-electron chi connectivity index (χ4n) is 3.54. The number of aromatic nitrogens is 1. The van der Waals surface area contributed by atoms with Crippen molar-refractivity contribution in [1.82, 2.24) is 9.47 Å². The zero-order valence-electron chi connectivity index (χ0n) is 17.1. The molecular formula is C24H28F2N2O. The monoisotopic (exact) mass is 398 g/mol. The average molecular weight is 398 g/mol. The third-order valence-corrected chi connectivity index (χ3v) is 4.99. The number of aryl methyl sites for hydroxylation is 1. The summed E-state index contributed by atoms with van der Waals surface area (Å²) in [6.45, 7) is 5.24. The molecule has 3 rings (SSSR count). The number of hydrogen-bond acceptors (Lipinski definition) is 2.